The van der Waals surface area contributed by atoms with Crippen molar-refractivity contribution in [1.82, 2.24) is 9.97 Å². The van der Waals surface area contributed by atoms with Gasteiger partial charge < -0.3 is 5.32 Å². The predicted molar refractivity (Wildman–Crippen MR) is 105 cm³/mol. The van der Waals surface area contributed by atoms with Crippen LogP contribution in [0.5, 0.6) is 0 Å². The number of hydrogen-bond donors (Lipinski definition) is 2. The molecule has 28 heavy (non-hydrogen) atoms. The highest BCUT2D eigenvalue weighted by atomic mass is 35.5. The maximum atomic E-state index is 14.1. The van der Waals surface area contributed by atoms with Crippen LogP contribution in [0.15, 0.2) is 42.6 Å². The van der Waals surface area contributed by atoms with Gasteiger partial charge in [0.15, 0.2) is 5.82 Å². The second-order valence-corrected chi connectivity index (χ2v) is 8.60. The Kier molecular flexibility index (Phi) is 5.59. The van der Waals surface area contributed by atoms with Crippen LogP contribution in [0.3, 0.4) is 0 Å². The van der Waals surface area contributed by atoms with Gasteiger partial charge in [0.05, 0.1) is 6.20 Å². The molecule has 0 saturated carbocycles. The second-order valence-electron chi connectivity index (χ2n) is 6.00. The largest absolute Gasteiger partial charge is 0.324 e. The van der Waals surface area contributed by atoms with Crippen LogP contribution < -0.4 is 10.5 Å². The van der Waals surface area contributed by atoms with E-state index in [1.807, 2.05) is 0 Å². The van der Waals surface area contributed by atoms with Gasteiger partial charge in [-0.25, -0.2) is 23.1 Å². The van der Waals surface area contributed by atoms with Gasteiger partial charge >= 0.3 is 0 Å². The van der Waals surface area contributed by atoms with Crippen LogP contribution in [0, 0.1) is 17.5 Å². The quantitative estimate of drug-likeness (QED) is 0.620. The summed E-state index contributed by atoms with van der Waals surface area (Å²) in [5.74, 6) is -2.66. The van der Waals surface area contributed by atoms with Crippen LogP contribution in [0.1, 0.15) is 5.56 Å². The summed E-state index contributed by atoms with van der Waals surface area (Å²) in [5, 5.41) is 10.0. The van der Waals surface area contributed by atoms with Crippen molar-refractivity contribution in [3.63, 3.8) is 0 Å². The first-order valence-corrected chi connectivity index (χ1v) is 10.2. The van der Waals surface area contributed by atoms with Gasteiger partial charge in [0.1, 0.15) is 17.3 Å². The van der Waals surface area contributed by atoms with E-state index in [9.17, 15) is 17.4 Å². The van der Waals surface area contributed by atoms with Crippen molar-refractivity contribution in [1.29, 1.82) is 0 Å². The van der Waals surface area contributed by atoms with Gasteiger partial charge in [-0.15, -0.1) is 0 Å². The normalized spacial score (nSPS) is 13.1. The van der Waals surface area contributed by atoms with E-state index in [4.69, 9.17) is 16.7 Å². The summed E-state index contributed by atoms with van der Waals surface area (Å²) in [4.78, 5) is 7.78. The van der Waals surface area contributed by atoms with Crippen LogP contribution >= 0.6 is 11.6 Å². The summed E-state index contributed by atoms with van der Waals surface area (Å²) in [6.07, 6.45) is 2.23. The molecule has 3 rings (SSSR count). The third-order valence-electron chi connectivity index (χ3n) is 3.48. The topological polar surface area (TPSA) is 80.9 Å². The SMILES string of the molecule is CS(N)(=O)=Cc1cc(Cl)cc(Nc2ncc(F)c(-c3ccc(F)cc3F)n2)c1. The minimum absolute atomic E-state index is 0.0432. The lowest BCUT2D eigenvalue weighted by Crippen LogP contribution is -2.13. The lowest BCUT2D eigenvalue weighted by molar-refractivity contribution is 0.580. The second kappa shape index (κ2) is 7.78. The average molecular weight is 427 g/mol. The van der Waals surface area contributed by atoms with Gasteiger partial charge in [-0.1, -0.05) is 11.6 Å². The molecule has 0 fully saturated rings. The van der Waals surface area contributed by atoms with Crippen molar-refractivity contribution in [2.45, 2.75) is 0 Å². The Morgan fingerprint density at radius 3 is 2.57 bits per heavy atom. The first-order valence-electron chi connectivity index (χ1n) is 7.78. The summed E-state index contributed by atoms with van der Waals surface area (Å²) in [6, 6.07) is 7.42. The Labute approximate surface area is 164 Å². The summed E-state index contributed by atoms with van der Waals surface area (Å²) in [6.45, 7) is 0. The molecule has 0 bridgehead atoms. The fraction of sp³-hybridized carbons (Fsp3) is 0.0556. The predicted octanol–water partition coefficient (Wildman–Crippen LogP) is 3.90. The van der Waals surface area contributed by atoms with Gasteiger partial charge in [0.25, 0.3) is 0 Å². The Bertz CT molecular complexity index is 1170. The molecule has 0 radical (unpaired) electrons. The van der Waals surface area contributed by atoms with Crippen molar-refractivity contribution in [2.24, 2.45) is 5.14 Å². The average Bonchev–Trinajstić information content (AvgIpc) is 2.55. The first-order chi connectivity index (χ1) is 13.1. The Balaban J connectivity index is 1.99. The Morgan fingerprint density at radius 1 is 1.14 bits per heavy atom. The number of hydrogen-bond acceptors (Lipinski definition) is 4. The maximum Gasteiger partial charge on any atom is 0.227 e. The van der Waals surface area contributed by atoms with E-state index in [1.165, 1.54) is 17.7 Å². The van der Waals surface area contributed by atoms with Gasteiger partial charge in [-0.2, -0.15) is 0 Å². The number of nitrogens with one attached hydrogen (secondary N) is 1. The number of halogens is 4. The molecule has 0 amide bonds. The monoisotopic (exact) mass is 426 g/mol. The van der Waals surface area contributed by atoms with Gasteiger partial charge in [-0.3, -0.25) is 9.35 Å². The fourth-order valence-electron chi connectivity index (χ4n) is 2.45. The molecule has 10 heteroatoms. The number of benzene rings is 2. The molecule has 0 saturated heterocycles. The Morgan fingerprint density at radius 2 is 1.89 bits per heavy atom. The number of anilines is 2. The molecule has 1 aromatic heterocycles. The molecule has 0 aliphatic heterocycles. The van der Waals surface area contributed by atoms with Crippen LogP contribution in [0.4, 0.5) is 24.8 Å². The number of aromatic nitrogens is 2. The highest BCUT2D eigenvalue weighted by molar-refractivity contribution is 7.98. The molecule has 0 aliphatic carbocycles. The smallest absolute Gasteiger partial charge is 0.227 e. The zero-order chi connectivity index (χ0) is 20.5. The summed E-state index contributed by atoms with van der Waals surface area (Å²) in [5.41, 5.74) is 0.372. The highest BCUT2D eigenvalue weighted by Gasteiger charge is 2.15. The Hall–Kier alpha value is -2.62. The van der Waals surface area contributed by atoms with Crippen molar-refractivity contribution in [3.05, 3.63) is 70.6 Å². The fourth-order valence-corrected chi connectivity index (χ4v) is 3.37. The number of rotatable bonds is 4. The van der Waals surface area contributed by atoms with E-state index < -0.39 is 27.2 Å². The van der Waals surface area contributed by atoms with Gasteiger partial charge in [0.2, 0.25) is 5.95 Å². The molecule has 0 spiro atoms. The van der Waals surface area contributed by atoms with Crippen molar-refractivity contribution in [2.75, 3.05) is 11.6 Å². The molecule has 1 heterocycles. The van der Waals surface area contributed by atoms with E-state index in [0.29, 0.717) is 22.3 Å². The van der Waals surface area contributed by atoms with Gasteiger partial charge in [-0.05, 0) is 35.9 Å². The minimum atomic E-state index is -2.65. The summed E-state index contributed by atoms with van der Waals surface area (Å²) in [7, 11) is -2.65. The first kappa shape index (κ1) is 20.1. The standard InChI is InChI=1S/C18H14ClF3N4OS/c1-28(23,27)9-10-4-11(19)6-13(5-10)25-18-24-8-16(22)17(26-18)14-3-2-12(20)7-15(14)21/h2-9H,1H3,(H2,23,27)(H,24,25,26). The highest BCUT2D eigenvalue weighted by Crippen LogP contribution is 2.26. The molecule has 1 atom stereocenters. The van der Waals surface area contributed by atoms with E-state index in [0.717, 1.165) is 18.3 Å². The van der Waals surface area contributed by atoms with Crippen LogP contribution in [-0.2, 0) is 9.71 Å². The summed E-state index contributed by atoms with van der Waals surface area (Å²) >= 11 is 6.05. The van der Waals surface area contributed by atoms with Gasteiger partial charge in [0, 0.05) is 43.7 Å². The molecular formula is C18H14ClF3N4OS. The van der Waals surface area contributed by atoms with E-state index >= 15 is 0 Å². The van der Waals surface area contributed by atoms with E-state index in [1.54, 1.807) is 12.1 Å². The molecule has 3 aromatic rings. The zero-order valence-electron chi connectivity index (χ0n) is 14.4. The van der Waals surface area contributed by atoms with Crippen molar-refractivity contribution >= 4 is 38.3 Å². The van der Waals surface area contributed by atoms with Crippen LogP contribution in [0.25, 0.3) is 11.3 Å². The van der Waals surface area contributed by atoms with E-state index in [-0.39, 0.29) is 17.2 Å². The molecule has 0 aliphatic rings. The number of nitrogens with two attached hydrogens (primary N) is 1. The maximum absolute atomic E-state index is 14.1. The molecule has 1 unspecified atom stereocenters. The summed E-state index contributed by atoms with van der Waals surface area (Å²) < 4.78 is 53.0. The zero-order valence-corrected chi connectivity index (χ0v) is 16.0. The lowest BCUT2D eigenvalue weighted by atomic mass is 10.1. The molecular weight excluding hydrogens is 413 g/mol. The molecule has 2 aromatic carbocycles. The van der Waals surface area contributed by atoms with E-state index in [2.05, 4.69) is 15.3 Å². The third kappa shape index (κ3) is 5.00. The van der Waals surface area contributed by atoms with Crippen molar-refractivity contribution < 1.29 is 17.4 Å². The van der Waals surface area contributed by atoms with Crippen LogP contribution in [0.2, 0.25) is 5.02 Å². The minimum Gasteiger partial charge on any atom is -0.324 e. The third-order valence-corrected chi connectivity index (χ3v) is 4.44. The molecule has 3 N–H and O–H groups in total. The lowest BCUT2D eigenvalue weighted by Gasteiger charge is -2.10. The molecule has 146 valence electrons. The van der Waals surface area contributed by atoms with Crippen molar-refractivity contribution in [3.8, 4) is 11.3 Å². The number of nitrogens with zero attached hydrogens (tertiary/aromatic N) is 2. The van der Waals surface area contributed by atoms with Crippen LogP contribution in [-0.4, -0.2) is 25.8 Å². The molecule has 5 nitrogen and oxygen atoms in total.